The van der Waals surface area contributed by atoms with E-state index in [1.54, 1.807) is 0 Å². The van der Waals surface area contributed by atoms with Crippen LogP contribution in [0.4, 0.5) is 9.59 Å². The summed E-state index contributed by atoms with van der Waals surface area (Å²) in [7, 11) is 2.61. The second-order valence-corrected chi connectivity index (χ2v) is 20.2. The molecule has 5 aromatic carbocycles. The quantitative estimate of drug-likeness (QED) is 0.0874. The predicted molar refractivity (Wildman–Crippen MR) is 267 cm³/mol. The smallest absolute Gasteiger partial charge is 0.407 e. The number of amides is 4. The average Bonchev–Trinajstić information content (AvgIpc) is 4.23. The molecule has 7 aromatic rings. The molecule has 1 unspecified atom stereocenters. The molecule has 362 valence electrons. The molecule has 4 N–H and O–H groups in total. The highest BCUT2D eigenvalue weighted by Crippen LogP contribution is 2.51. The first-order valence-electron chi connectivity index (χ1n) is 24.8. The summed E-state index contributed by atoms with van der Waals surface area (Å²) in [5, 5.41) is 9.69. The Morgan fingerprint density at radius 2 is 1.33 bits per heavy atom. The van der Waals surface area contributed by atoms with Gasteiger partial charge in [-0.2, -0.15) is 0 Å². The number of aromatic amines is 2. The van der Waals surface area contributed by atoms with E-state index in [1.165, 1.54) is 33.5 Å². The highest BCUT2D eigenvalue weighted by Gasteiger charge is 2.51. The Labute approximate surface area is 406 Å². The number of hydrogen-bond donors (Lipinski definition) is 4. The fourth-order valence-electron chi connectivity index (χ4n) is 11.7. The monoisotopic (exact) mass is 944 g/mol. The van der Waals surface area contributed by atoms with Gasteiger partial charge in [-0.3, -0.25) is 9.59 Å². The molecule has 7 atom stereocenters. The molecule has 4 aliphatic rings. The van der Waals surface area contributed by atoms with E-state index in [-0.39, 0.29) is 47.7 Å². The van der Waals surface area contributed by atoms with Gasteiger partial charge in [0.15, 0.2) is 0 Å². The maximum absolute atomic E-state index is 14.5. The van der Waals surface area contributed by atoms with Crippen molar-refractivity contribution in [3.63, 3.8) is 0 Å². The van der Waals surface area contributed by atoms with Crippen molar-refractivity contribution in [2.45, 2.75) is 89.0 Å². The Morgan fingerprint density at radius 1 is 0.700 bits per heavy atom. The predicted octanol–water partition coefficient (Wildman–Crippen LogP) is 9.65. The van der Waals surface area contributed by atoms with E-state index in [9.17, 15) is 19.2 Å². The minimum Gasteiger partial charge on any atom is -0.453 e. The van der Waals surface area contributed by atoms with Crippen LogP contribution in [-0.2, 0) is 23.8 Å². The first kappa shape index (κ1) is 45.4. The van der Waals surface area contributed by atoms with Gasteiger partial charge in [0.1, 0.15) is 23.7 Å². The van der Waals surface area contributed by atoms with Gasteiger partial charge in [0.05, 0.1) is 55.0 Å². The first-order valence-corrected chi connectivity index (χ1v) is 24.8. The van der Waals surface area contributed by atoms with Gasteiger partial charge >= 0.3 is 12.2 Å². The van der Waals surface area contributed by atoms with E-state index < -0.39 is 24.3 Å². The Balaban J connectivity index is 0.863. The van der Waals surface area contributed by atoms with Gasteiger partial charge in [-0.15, -0.1) is 0 Å². The molecule has 15 nitrogen and oxygen atoms in total. The van der Waals surface area contributed by atoms with Crippen molar-refractivity contribution < 1.29 is 33.4 Å². The van der Waals surface area contributed by atoms with Crippen LogP contribution in [-0.4, -0.2) is 99.8 Å². The van der Waals surface area contributed by atoms with Crippen LogP contribution >= 0.6 is 0 Å². The van der Waals surface area contributed by atoms with Gasteiger partial charge in [0, 0.05) is 35.9 Å². The summed E-state index contributed by atoms with van der Waals surface area (Å²) < 4.78 is 16.0. The summed E-state index contributed by atoms with van der Waals surface area (Å²) in [6.45, 7) is 5.67. The summed E-state index contributed by atoms with van der Waals surface area (Å²) >= 11 is 0. The van der Waals surface area contributed by atoms with Crippen molar-refractivity contribution in [3.8, 4) is 11.1 Å². The topological polar surface area (TPSA) is 184 Å². The minimum absolute atomic E-state index is 0.0574. The first-order chi connectivity index (χ1) is 34.0. The number of aromatic nitrogens is 4. The van der Waals surface area contributed by atoms with Crippen molar-refractivity contribution in [1.82, 2.24) is 40.4 Å². The molecule has 2 saturated heterocycles. The molecule has 0 spiro atoms. The molecule has 2 saturated carbocycles. The van der Waals surface area contributed by atoms with Crippen molar-refractivity contribution in [1.29, 1.82) is 0 Å². The zero-order valence-electron chi connectivity index (χ0n) is 40.1. The number of hydrogen-bond acceptors (Lipinski definition) is 9. The lowest BCUT2D eigenvalue weighted by Crippen LogP contribution is -2.51. The fourth-order valence-corrected chi connectivity index (χ4v) is 11.7. The van der Waals surface area contributed by atoms with Crippen molar-refractivity contribution >= 4 is 67.6 Å². The fraction of sp³-hybridized carbons (Fsp3) is 0.418. The molecule has 2 aliphatic heterocycles. The van der Waals surface area contributed by atoms with Gasteiger partial charge in [-0.25, -0.2) is 19.6 Å². The molecule has 15 heteroatoms. The number of imidazole rings is 2. The Bertz CT molecular complexity index is 3130. The van der Waals surface area contributed by atoms with Crippen LogP contribution in [0.5, 0.6) is 0 Å². The molecule has 4 amide bonds. The lowest BCUT2D eigenvalue weighted by atomic mass is 9.86. The molecular weight excluding hydrogens is 885 g/mol. The number of likely N-dealkylation sites (tertiary alicyclic amines) is 2. The lowest BCUT2D eigenvalue weighted by Gasteiger charge is -2.36. The summed E-state index contributed by atoms with van der Waals surface area (Å²) in [6.07, 6.45) is 5.91. The van der Waals surface area contributed by atoms with Crippen LogP contribution in [0.15, 0.2) is 91.0 Å². The van der Waals surface area contributed by atoms with Crippen molar-refractivity contribution in [3.05, 3.63) is 108 Å². The number of rotatable bonds is 13. The number of alkyl carbamates (subject to hydrolysis) is 2. The third-order valence-electron chi connectivity index (χ3n) is 15.6. The largest absolute Gasteiger partial charge is 0.453 e. The zero-order valence-corrected chi connectivity index (χ0v) is 40.1. The van der Waals surface area contributed by atoms with E-state index in [0.717, 1.165) is 92.3 Å². The molecule has 0 radical (unpaired) electrons. The summed E-state index contributed by atoms with van der Waals surface area (Å²) in [4.78, 5) is 75.2. The number of nitrogens with one attached hydrogen (secondary N) is 4. The van der Waals surface area contributed by atoms with E-state index in [4.69, 9.17) is 24.2 Å². The summed E-state index contributed by atoms with van der Waals surface area (Å²) in [5.41, 5.74) is 6.31. The number of carbonyl (C=O) groups is 4. The second kappa shape index (κ2) is 18.7. The van der Waals surface area contributed by atoms with Crippen LogP contribution in [0.1, 0.15) is 94.1 Å². The number of nitrogens with zero attached hydrogens (tertiary/aromatic N) is 4. The van der Waals surface area contributed by atoms with Crippen molar-refractivity contribution in [2.75, 3.05) is 34.0 Å². The maximum Gasteiger partial charge on any atom is 0.407 e. The van der Waals surface area contributed by atoms with Crippen LogP contribution < -0.4 is 10.6 Å². The molecule has 2 bridgehead atoms. The molecule has 70 heavy (non-hydrogen) atoms. The van der Waals surface area contributed by atoms with E-state index in [0.29, 0.717) is 31.1 Å². The third kappa shape index (κ3) is 8.37. The molecular formula is C55H60N8O7. The average molecular weight is 945 g/mol. The van der Waals surface area contributed by atoms with Gasteiger partial charge in [-0.05, 0) is 108 Å². The number of carbonyl (C=O) groups excluding carboxylic acids is 4. The highest BCUT2D eigenvalue weighted by atomic mass is 16.5. The number of benzene rings is 5. The SMILES string of the molecule is COC(=O)N[C@H](C(=O)N1C[C@@H](COCC2CCC2)C[C@H]1c1nc2c(ccc3cc(-c4ccc5c(ccc6[nH]c(C7[C@@H]8CC[C@@H](C8)N7C(=O)[C@H](NC(=O)OC)c7ccccc7)nc65)c4)ccc32)[nH]1)C(C)C. The molecule has 4 heterocycles. The molecule has 11 rings (SSSR count). The number of H-pyrrole nitrogens is 2. The van der Waals surface area contributed by atoms with Gasteiger partial charge in [0.2, 0.25) is 5.91 Å². The van der Waals surface area contributed by atoms with E-state index in [1.807, 2.05) is 54.0 Å². The van der Waals surface area contributed by atoms with Gasteiger partial charge in [-0.1, -0.05) is 87.0 Å². The van der Waals surface area contributed by atoms with Crippen molar-refractivity contribution in [2.24, 2.45) is 23.7 Å². The van der Waals surface area contributed by atoms with Crippen LogP contribution in [0, 0.1) is 23.7 Å². The van der Waals surface area contributed by atoms with Crippen LogP contribution in [0.2, 0.25) is 0 Å². The van der Waals surface area contributed by atoms with E-state index in [2.05, 4.69) is 81.3 Å². The normalized spacial score (nSPS) is 22.0. The Kier molecular flexibility index (Phi) is 12.2. The summed E-state index contributed by atoms with van der Waals surface area (Å²) in [5.74, 6) is 2.00. The number of piperidine rings is 1. The maximum atomic E-state index is 14.5. The van der Waals surface area contributed by atoms with Crippen LogP contribution in [0.3, 0.4) is 0 Å². The molecule has 4 fully saturated rings. The standard InChI is InChI=1S/C55H60N8O7/c1-30(2)45(60-54(66)68-3)52(64)62-27-32(29-70-28-31-9-8-10-31)23-44(62)50-56-42-21-16-36-24-34(14-19-40(36)47(42)58-50)35-15-20-41-37(25-35)17-22-43-48(41)59-51(57-43)49-38-13-18-39(26-38)63(49)53(65)46(61-55(67)69-4)33-11-6-5-7-12-33/h5-7,11-12,14-17,19-22,24-25,30-32,38-39,44-46,49H,8-10,13,18,23,26-29H2,1-4H3,(H,56,58)(H,57,59)(H,60,66)(H,61,67)/t32-,38+,39-,44-,45-,46+,49?/m0/s1. The van der Waals surface area contributed by atoms with Gasteiger partial charge < -0.3 is 44.6 Å². The molecule has 2 aromatic heterocycles. The number of ether oxygens (including phenoxy) is 3. The lowest BCUT2D eigenvalue weighted by molar-refractivity contribution is -0.138. The van der Waals surface area contributed by atoms with E-state index >= 15 is 0 Å². The zero-order chi connectivity index (χ0) is 48.2. The number of fused-ring (bicyclic) bond motifs is 8. The Hall–Kier alpha value is -7.00. The second-order valence-electron chi connectivity index (χ2n) is 20.2. The molecule has 2 aliphatic carbocycles. The minimum atomic E-state index is -0.890. The Morgan fingerprint density at radius 3 is 1.96 bits per heavy atom. The third-order valence-corrected chi connectivity index (χ3v) is 15.6. The van der Waals surface area contributed by atoms with Gasteiger partial charge in [0.25, 0.3) is 5.91 Å². The number of methoxy groups -OCH3 is 2. The van der Waals surface area contributed by atoms with Crippen LogP contribution in [0.25, 0.3) is 54.7 Å². The summed E-state index contributed by atoms with van der Waals surface area (Å²) in [6, 6.07) is 28.4. The highest BCUT2D eigenvalue weighted by molar-refractivity contribution is 6.07.